The van der Waals surface area contributed by atoms with Crippen molar-refractivity contribution in [3.8, 4) is 78.6 Å². The molecule has 3 aliphatic rings. The van der Waals surface area contributed by atoms with Gasteiger partial charge in [-0.3, -0.25) is 0 Å². The van der Waals surface area contributed by atoms with E-state index in [0.29, 0.717) is 71.1 Å². The van der Waals surface area contributed by atoms with Crippen molar-refractivity contribution in [1.82, 2.24) is 14.1 Å². The number of fused-ring (bicyclic) bond motifs is 10. The van der Waals surface area contributed by atoms with E-state index in [-0.39, 0.29) is 39.4 Å². The van der Waals surface area contributed by atoms with Gasteiger partial charge in [-0.05, 0) is 11.6 Å². The molecule has 0 amide bonds. The van der Waals surface area contributed by atoms with Crippen LogP contribution in [0.2, 0.25) is 0 Å². The molecule has 2 aromatic heterocycles. The zero-order valence-corrected chi connectivity index (χ0v) is 46.3. The van der Waals surface area contributed by atoms with Gasteiger partial charge in [-0.15, -0.1) is 6.07 Å². The van der Waals surface area contributed by atoms with E-state index in [1.54, 1.807) is 42.5 Å². The molecule has 5 heterocycles. The average molecular weight is 1220 g/mol. The van der Waals surface area contributed by atoms with E-state index in [4.69, 9.17) is 22.1 Å². The van der Waals surface area contributed by atoms with Crippen molar-refractivity contribution < 1.29 is 43.3 Å². The van der Waals surface area contributed by atoms with E-state index in [1.807, 2.05) is 92.8 Å². The van der Waals surface area contributed by atoms with E-state index in [1.165, 1.54) is 12.1 Å². The Morgan fingerprint density at radius 3 is 1.99 bits per heavy atom. The first-order valence-electron chi connectivity index (χ1n) is 33.1. The van der Waals surface area contributed by atoms with Gasteiger partial charge in [0, 0.05) is 11.3 Å². The van der Waals surface area contributed by atoms with Crippen molar-refractivity contribution in [1.29, 1.82) is 0 Å². The van der Waals surface area contributed by atoms with Gasteiger partial charge in [-0.25, -0.2) is 0 Å². The third-order valence-corrected chi connectivity index (χ3v) is 16.4. The van der Waals surface area contributed by atoms with Crippen LogP contribution in [0.4, 0.5) is 22.9 Å². The second-order valence-electron chi connectivity index (χ2n) is 22.4. The first-order chi connectivity index (χ1) is 43.8. The summed E-state index contributed by atoms with van der Waals surface area (Å²) in [5.41, 5.74) is 10.8. The number of hydrogen-bond acceptors (Lipinski definition) is 4. The molecular formula is C71H58BN5OPt-2. The Labute approximate surface area is 494 Å². The fourth-order valence-electron chi connectivity index (χ4n) is 11.7. The Hall–Kier alpha value is -8.25. The summed E-state index contributed by atoms with van der Waals surface area (Å²) in [6.45, 7) is 4.02. The van der Waals surface area contributed by atoms with Crippen LogP contribution < -0.4 is 19.8 Å². The van der Waals surface area contributed by atoms with Gasteiger partial charge >= 0.3 is 425 Å². The second-order valence-corrected chi connectivity index (χ2v) is 23.4. The Balaban J connectivity index is 1.05. The van der Waals surface area contributed by atoms with Crippen LogP contribution in [0.25, 0.3) is 78.0 Å². The molecule has 11 aromatic rings. The van der Waals surface area contributed by atoms with Gasteiger partial charge in [0.05, 0.1) is 0 Å². The van der Waals surface area contributed by atoms with E-state index in [2.05, 4.69) is 102 Å². The molecule has 14 rings (SSSR count). The van der Waals surface area contributed by atoms with E-state index in [9.17, 15) is 6.85 Å². The number of pyridine rings is 1. The predicted octanol–water partition coefficient (Wildman–Crippen LogP) is 17.5. The fourth-order valence-corrected chi connectivity index (χ4v) is 12.8. The number of imidazole rings is 1. The van der Waals surface area contributed by atoms with Gasteiger partial charge in [0.25, 0.3) is 0 Å². The van der Waals surface area contributed by atoms with E-state index >= 15 is 0 Å². The topological polar surface area (TPSA) is 38.5 Å². The first-order valence-corrected chi connectivity index (χ1v) is 27.3. The SMILES string of the molecule is [2H]c1c([2H])c([2H])c(-c2cc(C([2H])([2H])[2H])cc(-c3cc(C(C)(C)C)cc(C(C)(C)C)c3)c2-n2[c](=[Pt])n(-c3[c-]c(Oc4cc(C([2H])([2H])[2H])c5c(n4)N4B6c7c(cccc7-5)-c5ccccc5N6c5ccc[c-]c54)cc(-c4ccccc4C([2H])([2H])[2H])c3)c3ccccc32)c([2H])c1[2H]. The molecule has 0 aliphatic carbocycles. The molecule has 0 spiro atoms. The van der Waals surface area contributed by atoms with Crippen LogP contribution in [0.1, 0.15) is 88.6 Å². The van der Waals surface area contributed by atoms with Crippen LogP contribution in [0.3, 0.4) is 0 Å². The van der Waals surface area contributed by atoms with Crippen molar-refractivity contribution in [2.45, 2.75) is 72.9 Å². The Morgan fingerprint density at radius 1 is 0.582 bits per heavy atom. The van der Waals surface area contributed by atoms with Crippen LogP contribution in [0.5, 0.6) is 11.6 Å². The van der Waals surface area contributed by atoms with E-state index < -0.39 is 68.6 Å². The Kier molecular flexibility index (Phi) is 8.28. The summed E-state index contributed by atoms with van der Waals surface area (Å²) in [7, 11) is 0. The summed E-state index contributed by atoms with van der Waals surface area (Å²) >= 11 is 2.17. The van der Waals surface area contributed by atoms with Crippen LogP contribution in [0, 0.1) is 36.5 Å². The van der Waals surface area contributed by atoms with Gasteiger partial charge in [-0.2, -0.15) is 12.1 Å². The fraction of sp³-hybridized carbons (Fsp3) is 0.155. The molecule has 0 saturated carbocycles. The Morgan fingerprint density at radius 2 is 1.24 bits per heavy atom. The number of aryl methyl sites for hydroxylation is 3. The third kappa shape index (κ3) is 7.87. The number of benzene rings is 9. The first kappa shape index (κ1) is 36.0. The number of hydrogen-bond donors (Lipinski definition) is 0. The molecule has 0 N–H and O–H groups in total. The van der Waals surface area contributed by atoms with Crippen molar-refractivity contribution in [2.75, 3.05) is 9.62 Å². The van der Waals surface area contributed by atoms with Gasteiger partial charge in [0.15, 0.2) is 0 Å². The summed E-state index contributed by atoms with van der Waals surface area (Å²) in [4.78, 5) is 9.56. The zero-order valence-electron chi connectivity index (χ0n) is 58.0. The number of rotatable bonds is 7. The zero-order chi connectivity index (χ0) is 66.1. The van der Waals surface area contributed by atoms with Gasteiger partial charge < -0.3 is 0 Å². The molecule has 0 bridgehead atoms. The summed E-state index contributed by atoms with van der Waals surface area (Å²) in [6.07, 6.45) is 0. The van der Waals surface area contributed by atoms with Crippen molar-refractivity contribution in [3.63, 3.8) is 0 Å². The summed E-state index contributed by atoms with van der Waals surface area (Å²) < 4.78 is 138. The van der Waals surface area contributed by atoms with Gasteiger partial charge in [0.2, 0.25) is 0 Å². The summed E-state index contributed by atoms with van der Waals surface area (Å²) in [6, 6.07) is 52.0. The molecule has 0 atom stereocenters. The Bertz CT molecular complexity index is 5010. The molecule has 388 valence electrons. The average Bonchev–Trinajstić information content (AvgIpc) is 1.59. The van der Waals surface area contributed by atoms with Crippen LogP contribution in [-0.4, -0.2) is 21.1 Å². The normalized spacial score (nSPS) is 16.2. The molecule has 3 aliphatic heterocycles. The molecular weight excluding hydrogens is 1140 g/mol. The van der Waals surface area contributed by atoms with Crippen molar-refractivity contribution in [2.24, 2.45) is 0 Å². The predicted molar refractivity (Wildman–Crippen MR) is 323 cm³/mol. The maximum atomic E-state index is 9.52. The molecule has 0 unspecified atom stereocenters. The number of para-hydroxylation sites is 4. The quantitative estimate of drug-likeness (QED) is 0.118. The molecule has 0 saturated heterocycles. The van der Waals surface area contributed by atoms with Gasteiger partial charge in [0.1, 0.15) is 0 Å². The van der Waals surface area contributed by atoms with Gasteiger partial charge in [-0.1, -0.05) is 30.3 Å². The number of aromatic nitrogens is 3. The molecule has 0 radical (unpaired) electrons. The van der Waals surface area contributed by atoms with Crippen LogP contribution in [0.15, 0.2) is 188 Å². The summed E-state index contributed by atoms with van der Waals surface area (Å²) in [5.74, 6) is 0.267. The minimum atomic E-state index is -2.75. The number of nitrogens with zero attached hydrogens (tertiary/aromatic N) is 5. The molecule has 6 nitrogen and oxygen atoms in total. The third-order valence-electron chi connectivity index (χ3n) is 15.4. The molecule has 0 fully saturated rings. The number of ether oxygens (including phenoxy) is 1. The monoisotopic (exact) mass is 1220 g/mol. The van der Waals surface area contributed by atoms with E-state index in [0.717, 1.165) is 39.1 Å². The van der Waals surface area contributed by atoms with Crippen LogP contribution >= 0.6 is 0 Å². The molecule has 8 heteroatoms. The minimum absolute atomic E-state index is 0.0155. The second kappa shape index (κ2) is 18.2. The van der Waals surface area contributed by atoms with Crippen LogP contribution in [-0.2, 0) is 30.2 Å². The van der Waals surface area contributed by atoms with Crippen molar-refractivity contribution >= 4 is 46.4 Å². The maximum absolute atomic E-state index is 9.52. The standard InChI is InChI=1S/C71H58BN5O.Pt/c1-44-34-58(47-23-11-10-12-24-47)68(59(35-44)48-37-50(70(4,5)6)41-51(38-48)71(7,8)9)75-43-74(61-30-17-18-31-62(61)75)52-39-49(54-25-14-13-22-45(54)2)40-53(42-52)78-65-36-46(3)66-57-28-21-27-56-55-26-15-16-29-60(55)76-63-32-19-20-33-64(63)77(69(66)73-65)72(76)67(56)57;/h10-32,34-41H,1-9H3;/q-2;/i1D3,2D3,3D3,10D,11D,12D,23D,24D;. The summed E-state index contributed by atoms with van der Waals surface area (Å²) in [5, 5.41) is 0. The number of anilines is 4. The molecule has 79 heavy (non-hydrogen) atoms. The van der Waals surface area contributed by atoms with Crippen molar-refractivity contribution in [3.05, 3.63) is 232 Å². The molecule has 9 aromatic carbocycles.